The minimum absolute atomic E-state index is 0.139. The number of hydrogen-bond acceptors (Lipinski definition) is 3. The fourth-order valence-corrected chi connectivity index (χ4v) is 2.09. The number of hydrogen-bond donors (Lipinski definition) is 1. The van der Waals surface area contributed by atoms with Crippen molar-refractivity contribution in [2.24, 2.45) is 11.7 Å². The first-order valence-electron chi connectivity index (χ1n) is 5.74. The second-order valence-electron chi connectivity index (χ2n) is 3.96. The van der Waals surface area contributed by atoms with Crippen LogP contribution in [-0.4, -0.2) is 32.0 Å². The first kappa shape index (κ1) is 12.0. The van der Waals surface area contributed by atoms with Gasteiger partial charge in [0.25, 0.3) is 0 Å². The highest BCUT2D eigenvalue weighted by molar-refractivity contribution is 4.81. The molecule has 84 valence electrons. The van der Waals surface area contributed by atoms with Gasteiger partial charge in [0.05, 0.1) is 12.7 Å². The van der Waals surface area contributed by atoms with Gasteiger partial charge in [-0.3, -0.25) is 0 Å². The van der Waals surface area contributed by atoms with E-state index >= 15 is 0 Å². The zero-order valence-corrected chi connectivity index (χ0v) is 9.37. The van der Waals surface area contributed by atoms with Crippen LogP contribution in [0.2, 0.25) is 0 Å². The Morgan fingerprint density at radius 2 is 2.29 bits per heavy atom. The quantitative estimate of drug-likeness (QED) is 0.734. The molecule has 1 fully saturated rings. The van der Waals surface area contributed by atoms with E-state index in [1.54, 1.807) is 0 Å². The molecule has 1 rings (SSSR count). The molecule has 0 amide bonds. The van der Waals surface area contributed by atoms with E-state index < -0.39 is 0 Å². The number of rotatable bonds is 5. The Morgan fingerprint density at radius 1 is 1.50 bits per heavy atom. The maximum Gasteiger partial charge on any atom is 0.0726 e. The van der Waals surface area contributed by atoms with Crippen LogP contribution in [0.15, 0.2) is 0 Å². The third kappa shape index (κ3) is 3.23. The second kappa shape index (κ2) is 6.38. The van der Waals surface area contributed by atoms with E-state index in [1.807, 2.05) is 6.92 Å². The van der Waals surface area contributed by atoms with Gasteiger partial charge < -0.3 is 15.2 Å². The fourth-order valence-electron chi connectivity index (χ4n) is 2.09. The molecular weight excluding hydrogens is 178 g/mol. The summed E-state index contributed by atoms with van der Waals surface area (Å²) >= 11 is 0. The van der Waals surface area contributed by atoms with E-state index in [0.29, 0.717) is 5.92 Å². The van der Waals surface area contributed by atoms with Gasteiger partial charge in [0.2, 0.25) is 0 Å². The first-order valence-corrected chi connectivity index (χ1v) is 5.74. The van der Waals surface area contributed by atoms with Crippen molar-refractivity contribution in [2.45, 2.75) is 45.3 Å². The lowest BCUT2D eigenvalue weighted by Gasteiger charge is -2.32. The summed E-state index contributed by atoms with van der Waals surface area (Å²) in [5, 5.41) is 0. The molecule has 14 heavy (non-hydrogen) atoms. The molecule has 0 aromatic heterocycles. The summed E-state index contributed by atoms with van der Waals surface area (Å²) in [7, 11) is 0. The highest BCUT2D eigenvalue weighted by atomic mass is 16.5. The Morgan fingerprint density at radius 3 is 2.79 bits per heavy atom. The van der Waals surface area contributed by atoms with E-state index in [0.717, 1.165) is 32.7 Å². The van der Waals surface area contributed by atoms with Gasteiger partial charge in [-0.05, 0) is 32.1 Å². The summed E-state index contributed by atoms with van der Waals surface area (Å²) in [5.41, 5.74) is 6.18. The summed E-state index contributed by atoms with van der Waals surface area (Å²) in [5.74, 6) is 0.486. The topological polar surface area (TPSA) is 44.5 Å². The summed E-state index contributed by atoms with van der Waals surface area (Å²) in [6.45, 7) is 6.61. The number of nitrogens with two attached hydrogens (primary N) is 1. The van der Waals surface area contributed by atoms with Crippen LogP contribution in [0.3, 0.4) is 0 Å². The van der Waals surface area contributed by atoms with Crippen molar-refractivity contribution < 1.29 is 9.47 Å². The molecule has 0 aliphatic carbocycles. The second-order valence-corrected chi connectivity index (χ2v) is 3.96. The molecule has 0 aromatic carbocycles. The standard InChI is InChI=1S/C11H23NO2/c1-3-10(14-4-2)11(12)9-6-5-7-13-8-9/h9-11H,3-8,12H2,1-2H3. The molecule has 0 spiro atoms. The molecule has 0 saturated carbocycles. The van der Waals surface area contributed by atoms with E-state index in [1.165, 1.54) is 6.42 Å². The van der Waals surface area contributed by atoms with Crippen LogP contribution in [0.1, 0.15) is 33.1 Å². The Hall–Kier alpha value is -0.120. The molecule has 3 unspecified atom stereocenters. The fraction of sp³-hybridized carbons (Fsp3) is 1.00. The molecule has 3 heteroatoms. The summed E-state index contributed by atoms with van der Waals surface area (Å²) in [6, 6.07) is 0.139. The van der Waals surface area contributed by atoms with Crippen LogP contribution in [0.5, 0.6) is 0 Å². The van der Waals surface area contributed by atoms with Crippen LogP contribution in [0.25, 0.3) is 0 Å². The van der Waals surface area contributed by atoms with Crippen LogP contribution in [-0.2, 0) is 9.47 Å². The Kier molecular flexibility index (Phi) is 5.45. The van der Waals surface area contributed by atoms with Crippen molar-refractivity contribution in [2.75, 3.05) is 19.8 Å². The predicted octanol–water partition coefficient (Wildman–Crippen LogP) is 1.56. The molecule has 0 bridgehead atoms. The van der Waals surface area contributed by atoms with Crippen molar-refractivity contribution in [3.63, 3.8) is 0 Å². The molecule has 3 nitrogen and oxygen atoms in total. The van der Waals surface area contributed by atoms with Gasteiger partial charge >= 0.3 is 0 Å². The van der Waals surface area contributed by atoms with Gasteiger partial charge in [-0.25, -0.2) is 0 Å². The van der Waals surface area contributed by atoms with Crippen LogP contribution in [0, 0.1) is 5.92 Å². The molecule has 1 heterocycles. The minimum Gasteiger partial charge on any atom is -0.381 e. The van der Waals surface area contributed by atoms with Gasteiger partial charge in [-0.15, -0.1) is 0 Å². The van der Waals surface area contributed by atoms with Crippen LogP contribution >= 0.6 is 0 Å². The molecule has 3 atom stereocenters. The SMILES string of the molecule is CCOC(CC)C(N)C1CCCOC1. The van der Waals surface area contributed by atoms with Crippen LogP contribution in [0.4, 0.5) is 0 Å². The predicted molar refractivity (Wildman–Crippen MR) is 57.2 cm³/mol. The van der Waals surface area contributed by atoms with Crippen molar-refractivity contribution in [1.82, 2.24) is 0 Å². The van der Waals surface area contributed by atoms with Crippen molar-refractivity contribution in [3.05, 3.63) is 0 Å². The van der Waals surface area contributed by atoms with Crippen molar-refractivity contribution in [1.29, 1.82) is 0 Å². The molecule has 1 aliphatic rings. The lowest BCUT2D eigenvalue weighted by Crippen LogP contribution is -2.45. The number of ether oxygens (including phenoxy) is 2. The van der Waals surface area contributed by atoms with E-state index in [4.69, 9.17) is 15.2 Å². The average Bonchev–Trinajstić information content (AvgIpc) is 2.26. The van der Waals surface area contributed by atoms with Crippen molar-refractivity contribution in [3.8, 4) is 0 Å². The highest BCUT2D eigenvalue weighted by Gasteiger charge is 2.27. The van der Waals surface area contributed by atoms with Crippen LogP contribution < -0.4 is 5.73 Å². The highest BCUT2D eigenvalue weighted by Crippen LogP contribution is 2.20. The molecule has 2 N–H and O–H groups in total. The van der Waals surface area contributed by atoms with E-state index in [-0.39, 0.29) is 12.1 Å². The van der Waals surface area contributed by atoms with E-state index in [9.17, 15) is 0 Å². The van der Waals surface area contributed by atoms with Gasteiger partial charge in [0.15, 0.2) is 0 Å². The third-order valence-electron chi connectivity index (χ3n) is 2.95. The summed E-state index contributed by atoms with van der Waals surface area (Å²) < 4.78 is 11.1. The molecule has 1 aliphatic heterocycles. The maximum absolute atomic E-state index is 6.18. The lowest BCUT2D eigenvalue weighted by atomic mass is 9.90. The average molecular weight is 201 g/mol. The normalized spacial score (nSPS) is 27.2. The first-order chi connectivity index (χ1) is 6.79. The molecule has 0 radical (unpaired) electrons. The van der Waals surface area contributed by atoms with Gasteiger partial charge in [0, 0.05) is 19.3 Å². The molecule has 0 aromatic rings. The Balaban J connectivity index is 2.38. The Bertz CT molecular complexity index is 141. The molecular formula is C11H23NO2. The summed E-state index contributed by atoms with van der Waals surface area (Å²) in [6.07, 6.45) is 3.52. The third-order valence-corrected chi connectivity index (χ3v) is 2.95. The zero-order valence-electron chi connectivity index (χ0n) is 9.37. The monoisotopic (exact) mass is 201 g/mol. The van der Waals surface area contributed by atoms with Gasteiger partial charge in [-0.2, -0.15) is 0 Å². The molecule has 1 saturated heterocycles. The minimum atomic E-state index is 0.139. The zero-order chi connectivity index (χ0) is 10.4. The van der Waals surface area contributed by atoms with E-state index in [2.05, 4.69) is 6.92 Å². The lowest BCUT2D eigenvalue weighted by molar-refractivity contribution is -0.0134. The van der Waals surface area contributed by atoms with Crippen molar-refractivity contribution >= 4 is 0 Å². The largest absolute Gasteiger partial charge is 0.381 e. The smallest absolute Gasteiger partial charge is 0.0726 e. The summed E-state index contributed by atoms with van der Waals surface area (Å²) in [4.78, 5) is 0. The maximum atomic E-state index is 6.18. The Labute approximate surface area is 86.9 Å². The van der Waals surface area contributed by atoms with Gasteiger partial charge in [-0.1, -0.05) is 6.92 Å². The van der Waals surface area contributed by atoms with Gasteiger partial charge in [0.1, 0.15) is 0 Å².